The molecule has 1 aliphatic rings. The van der Waals surface area contributed by atoms with Crippen molar-refractivity contribution in [2.45, 2.75) is 25.3 Å². The number of carbonyl (C=O) groups excluding carboxylic acids is 1. The predicted octanol–water partition coefficient (Wildman–Crippen LogP) is 2.75. The van der Waals surface area contributed by atoms with Crippen molar-refractivity contribution in [1.29, 1.82) is 0 Å². The summed E-state index contributed by atoms with van der Waals surface area (Å²) in [6.45, 7) is 1.97. The van der Waals surface area contributed by atoms with Crippen LogP contribution in [0.2, 0.25) is 0 Å². The van der Waals surface area contributed by atoms with Crippen molar-refractivity contribution in [3.63, 3.8) is 0 Å². The Morgan fingerprint density at radius 2 is 1.89 bits per heavy atom. The van der Waals surface area contributed by atoms with Crippen LogP contribution in [0.5, 0.6) is 0 Å². The molecule has 3 rings (SSSR count). The number of aromatic nitrogens is 1. The Labute approximate surface area is 113 Å². The summed E-state index contributed by atoms with van der Waals surface area (Å²) in [7, 11) is 1.95. The van der Waals surface area contributed by atoms with E-state index >= 15 is 0 Å². The Morgan fingerprint density at radius 1 is 1.21 bits per heavy atom. The number of benzene rings is 1. The van der Waals surface area contributed by atoms with Crippen molar-refractivity contribution in [3.8, 4) is 0 Å². The first-order chi connectivity index (χ1) is 9.12. The van der Waals surface area contributed by atoms with Gasteiger partial charge in [0.1, 0.15) is 0 Å². The van der Waals surface area contributed by atoms with E-state index < -0.39 is 0 Å². The van der Waals surface area contributed by atoms with Crippen LogP contribution in [0.4, 0.5) is 0 Å². The minimum Gasteiger partial charge on any atom is -0.354 e. The number of rotatable bonds is 3. The Kier molecular flexibility index (Phi) is 2.70. The maximum Gasteiger partial charge on any atom is 0.253 e. The summed E-state index contributed by atoms with van der Waals surface area (Å²) < 4.78 is 1.97. The van der Waals surface area contributed by atoms with E-state index in [1.807, 2.05) is 49.0 Å². The summed E-state index contributed by atoms with van der Waals surface area (Å²) in [6, 6.07) is 12.1. The molecule has 1 aromatic heterocycles. The highest BCUT2D eigenvalue weighted by atomic mass is 16.1. The normalized spacial score (nSPS) is 16.1. The molecule has 1 saturated carbocycles. The van der Waals surface area contributed by atoms with E-state index in [0.717, 1.165) is 24.1 Å². The lowest BCUT2D eigenvalue weighted by atomic mass is 10.0. The summed E-state index contributed by atoms with van der Waals surface area (Å²) in [5, 5.41) is 3.20. The van der Waals surface area contributed by atoms with Gasteiger partial charge >= 0.3 is 0 Å². The van der Waals surface area contributed by atoms with Crippen molar-refractivity contribution in [3.05, 3.63) is 59.4 Å². The zero-order chi connectivity index (χ0) is 13.5. The highest BCUT2D eigenvalue weighted by Gasteiger charge is 2.45. The summed E-state index contributed by atoms with van der Waals surface area (Å²) >= 11 is 0. The molecule has 1 aliphatic carbocycles. The van der Waals surface area contributed by atoms with E-state index in [9.17, 15) is 4.79 Å². The highest BCUT2D eigenvalue weighted by Crippen LogP contribution is 2.45. The molecule has 0 unspecified atom stereocenters. The molecule has 0 aliphatic heterocycles. The van der Waals surface area contributed by atoms with Gasteiger partial charge in [-0.25, -0.2) is 0 Å². The Balaban J connectivity index is 1.83. The quantitative estimate of drug-likeness (QED) is 0.898. The van der Waals surface area contributed by atoms with Gasteiger partial charge in [0.25, 0.3) is 5.91 Å². The molecule has 19 heavy (non-hydrogen) atoms. The average Bonchev–Trinajstić information content (AvgIpc) is 3.13. The van der Waals surface area contributed by atoms with Gasteiger partial charge in [0.05, 0.1) is 11.1 Å². The maximum absolute atomic E-state index is 12.4. The zero-order valence-electron chi connectivity index (χ0n) is 11.3. The number of amides is 1. The first kappa shape index (κ1) is 12.0. The third-order valence-corrected chi connectivity index (χ3v) is 4.06. The zero-order valence-corrected chi connectivity index (χ0v) is 11.3. The van der Waals surface area contributed by atoms with Gasteiger partial charge in [0.2, 0.25) is 0 Å². The standard InChI is InChI=1S/C16H18N2O/c1-12-14(8-11-18(12)2)15(19)17-16(9-10-16)13-6-4-3-5-7-13/h3-8,11H,9-10H2,1-2H3,(H,17,19). The van der Waals surface area contributed by atoms with Crippen LogP contribution in [0, 0.1) is 6.92 Å². The van der Waals surface area contributed by atoms with Gasteiger partial charge in [-0.3, -0.25) is 4.79 Å². The molecule has 2 aromatic rings. The number of nitrogens with zero attached hydrogens (tertiary/aromatic N) is 1. The molecule has 1 amide bonds. The fourth-order valence-corrected chi connectivity index (χ4v) is 2.50. The molecular weight excluding hydrogens is 236 g/mol. The summed E-state index contributed by atoms with van der Waals surface area (Å²) in [4.78, 5) is 12.4. The van der Waals surface area contributed by atoms with E-state index in [4.69, 9.17) is 0 Å². The minimum absolute atomic E-state index is 0.0273. The second kappa shape index (κ2) is 4.26. The van der Waals surface area contributed by atoms with Gasteiger partial charge in [-0.1, -0.05) is 30.3 Å². The monoisotopic (exact) mass is 254 g/mol. The first-order valence-electron chi connectivity index (χ1n) is 6.62. The molecule has 0 bridgehead atoms. The van der Waals surface area contributed by atoms with Crippen LogP contribution in [0.25, 0.3) is 0 Å². The number of hydrogen-bond donors (Lipinski definition) is 1. The molecule has 1 aromatic carbocycles. The average molecular weight is 254 g/mol. The lowest BCUT2D eigenvalue weighted by Crippen LogP contribution is -2.35. The third kappa shape index (κ3) is 2.05. The largest absolute Gasteiger partial charge is 0.354 e. The summed E-state index contributed by atoms with van der Waals surface area (Å²) in [5.41, 5.74) is 2.84. The molecule has 3 nitrogen and oxygen atoms in total. The van der Waals surface area contributed by atoms with Crippen molar-refractivity contribution < 1.29 is 4.79 Å². The Bertz CT molecular complexity index is 609. The second-order valence-electron chi connectivity index (χ2n) is 5.33. The fourth-order valence-electron chi connectivity index (χ4n) is 2.50. The molecule has 1 heterocycles. The Morgan fingerprint density at radius 3 is 2.42 bits per heavy atom. The molecule has 0 saturated heterocycles. The van der Waals surface area contributed by atoms with Crippen LogP contribution < -0.4 is 5.32 Å². The first-order valence-corrected chi connectivity index (χ1v) is 6.62. The van der Waals surface area contributed by atoms with Crippen LogP contribution in [-0.2, 0) is 12.6 Å². The predicted molar refractivity (Wildman–Crippen MR) is 75.0 cm³/mol. The van der Waals surface area contributed by atoms with Crippen LogP contribution in [0.1, 0.15) is 34.5 Å². The van der Waals surface area contributed by atoms with Crippen LogP contribution in [0.3, 0.4) is 0 Å². The molecule has 98 valence electrons. The smallest absolute Gasteiger partial charge is 0.253 e. The lowest BCUT2D eigenvalue weighted by Gasteiger charge is -2.18. The molecular formula is C16H18N2O. The van der Waals surface area contributed by atoms with Crippen molar-refractivity contribution in [2.24, 2.45) is 7.05 Å². The van der Waals surface area contributed by atoms with Gasteiger partial charge in [-0.2, -0.15) is 0 Å². The molecule has 1 fully saturated rings. The van der Waals surface area contributed by atoms with E-state index in [0.29, 0.717) is 0 Å². The van der Waals surface area contributed by atoms with Gasteiger partial charge in [0.15, 0.2) is 0 Å². The highest BCUT2D eigenvalue weighted by molar-refractivity contribution is 5.96. The van der Waals surface area contributed by atoms with Gasteiger partial charge in [-0.15, -0.1) is 0 Å². The van der Waals surface area contributed by atoms with Crippen LogP contribution in [-0.4, -0.2) is 10.5 Å². The third-order valence-electron chi connectivity index (χ3n) is 4.06. The maximum atomic E-state index is 12.4. The van der Waals surface area contributed by atoms with E-state index in [1.165, 1.54) is 5.56 Å². The Hall–Kier alpha value is -2.03. The van der Waals surface area contributed by atoms with E-state index in [2.05, 4.69) is 17.4 Å². The van der Waals surface area contributed by atoms with Gasteiger partial charge in [-0.05, 0) is 31.4 Å². The molecule has 3 heteroatoms. The molecule has 0 spiro atoms. The number of nitrogens with one attached hydrogen (secondary N) is 1. The second-order valence-corrected chi connectivity index (χ2v) is 5.33. The van der Waals surface area contributed by atoms with Crippen molar-refractivity contribution in [1.82, 2.24) is 9.88 Å². The number of aryl methyl sites for hydroxylation is 1. The summed E-state index contributed by atoms with van der Waals surface area (Å²) in [6.07, 6.45) is 3.97. The molecule has 0 atom stereocenters. The lowest BCUT2D eigenvalue weighted by molar-refractivity contribution is 0.0930. The fraction of sp³-hybridized carbons (Fsp3) is 0.312. The topological polar surface area (TPSA) is 34.0 Å². The van der Waals surface area contributed by atoms with Gasteiger partial charge < -0.3 is 9.88 Å². The molecule has 1 N–H and O–H groups in total. The SMILES string of the molecule is Cc1c(C(=O)NC2(c3ccccc3)CC2)ccn1C. The van der Waals surface area contributed by atoms with E-state index in [-0.39, 0.29) is 11.4 Å². The minimum atomic E-state index is -0.138. The summed E-state index contributed by atoms with van der Waals surface area (Å²) in [5.74, 6) is 0.0273. The number of hydrogen-bond acceptors (Lipinski definition) is 1. The van der Waals surface area contributed by atoms with Gasteiger partial charge in [0, 0.05) is 18.9 Å². The van der Waals surface area contributed by atoms with Crippen LogP contribution >= 0.6 is 0 Å². The number of carbonyl (C=O) groups is 1. The van der Waals surface area contributed by atoms with Crippen LogP contribution in [0.15, 0.2) is 42.6 Å². The van der Waals surface area contributed by atoms with Crippen molar-refractivity contribution >= 4 is 5.91 Å². The van der Waals surface area contributed by atoms with E-state index in [1.54, 1.807) is 0 Å². The van der Waals surface area contributed by atoms with Crippen molar-refractivity contribution in [2.75, 3.05) is 0 Å². The molecule has 0 radical (unpaired) electrons.